The molecule has 0 amide bonds. The maximum absolute atomic E-state index is 12.3. The number of pyridine rings is 1. The highest BCUT2D eigenvalue weighted by molar-refractivity contribution is 5.77. The summed E-state index contributed by atoms with van der Waals surface area (Å²) in [6.07, 6.45) is -2.97. The molecule has 1 aromatic heterocycles. The van der Waals surface area contributed by atoms with Crippen LogP contribution in [0.4, 0.5) is 20.2 Å². The van der Waals surface area contributed by atoms with Crippen molar-refractivity contribution >= 4 is 17.7 Å². The monoisotopic (exact) mass is 217 g/mol. The number of aromatic nitrogens is 1. The summed E-state index contributed by atoms with van der Waals surface area (Å²) < 4.78 is 24.7. The van der Waals surface area contributed by atoms with Crippen molar-refractivity contribution in [2.24, 2.45) is 0 Å². The predicted octanol–water partition coefficient (Wildman–Crippen LogP) is 1.32. The Balaban J connectivity index is 3.49. The van der Waals surface area contributed by atoms with Crippen LogP contribution in [0.15, 0.2) is 6.07 Å². The molecule has 15 heavy (non-hydrogen) atoms. The molecule has 0 aliphatic carbocycles. The third-order valence-electron chi connectivity index (χ3n) is 1.58. The number of carbonyl (C=O) groups is 1. The highest BCUT2D eigenvalue weighted by atomic mass is 19.3. The summed E-state index contributed by atoms with van der Waals surface area (Å²) in [4.78, 5) is 22.8. The second-order valence-electron chi connectivity index (χ2n) is 2.55. The van der Waals surface area contributed by atoms with E-state index in [0.29, 0.717) is 0 Å². The van der Waals surface area contributed by atoms with Crippen LogP contribution < -0.4 is 5.73 Å². The summed E-state index contributed by atoms with van der Waals surface area (Å²) in [5, 5.41) is 10.4. The minimum absolute atomic E-state index is 0.186. The summed E-state index contributed by atoms with van der Waals surface area (Å²) in [7, 11) is 0. The normalized spacial score (nSPS) is 10.3. The van der Waals surface area contributed by atoms with Crippen LogP contribution in [0.1, 0.15) is 22.6 Å². The minimum atomic E-state index is -3.16. The molecule has 80 valence electrons. The zero-order valence-electron chi connectivity index (χ0n) is 7.18. The zero-order valence-corrected chi connectivity index (χ0v) is 7.18. The van der Waals surface area contributed by atoms with Crippen LogP contribution in [0.2, 0.25) is 0 Å². The molecule has 1 rings (SSSR count). The zero-order chi connectivity index (χ0) is 11.6. The number of nitrogens with zero attached hydrogens (tertiary/aromatic N) is 2. The average molecular weight is 217 g/mol. The topological polar surface area (TPSA) is 99.1 Å². The van der Waals surface area contributed by atoms with Crippen molar-refractivity contribution in [1.82, 2.24) is 4.98 Å². The number of anilines is 1. The van der Waals surface area contributed by atoms with E-state index in [2.05, 4.69) is 4.98 Å². The van der Waals surface area contributed by atoms with Crippen LogP contribution in [0.5, 0.6) is 0 Å². The number of aldehydes is 1. The molecule has 0 radical (unpaired) electrons. The van der Waals surface area contributed by atoms with Gasteiger partial charge in [0.25, 0.3) is 6.43 Å². The lowest BCUT2D eigenvalue weighted by atomic mass is 10.2. The molecule has 8 heteroatoms. The second kappa shape index (κ2) is 3.95. The standard InChI is InChI=1S/C7H5F2N3O3/c8-7(9)5-6(12(14)15)4(10)1-3(2-13)11-5/h1-2,7H,(H2,10,11). The fraction of sp³-hybridized carbons (Fsp3) is 0.143. The van der Waals surface area contributed by atoms with Gasteiger partial charge in [0.1, 0.15) is 11.4 Å². The fourth-order valence-electron chi connectivity index (χ4n) is 1.01. The van der Waals surface area contributed by atoms with Crippen molar-refractivity contribution in [3.05, 3.63) is 27.6 Å². The van der Waals surface area contributed by atoms with E-state index in [1.807, 2.05) is 0 Å². The minimum Gasteiger partial charge on any atom is -0.393 e. The quantitative estimate of drug-likeness (QED) is 0.467. The van der Waals surface area contributed by atoms with Crippen molar-refractivity contribution in [2.75, 3.05) is 5.73 Å². The van der Waals surface area contributed by atoms with E-state index in [1.54, 1.807) is 0 Å². The fourth-order valence-corrected chi connectivity index (χ4v) is 1.01. The van der Waals surface area contributed by atoms with Gasteiger partial charge in [0, 0.05) is 0 Å². The van der Waals surface area contributed by atoms with Crippen LogP contribution >= 0.6 is 0 Å². The summed E-state index contributed by atoms with van der Waals surface area (Å²) >= 11 is 0. The number of nitrogen functional groups attached to an aromatic ring is 1. The second-order valence-corrected chi connectivity index (χ2v) is 2.55. The molecule has 1 heterocycles. The van der Waals surface area contributed by atoms with Gasteiger partial charge < -0.3 is 5.73 Å². The van der Waals surface area contributed by atoms with E-state index < -0.39 is 28.4 Å². The SMILES string of the molecule is Nc1cc(C=O)nc(C(F)F)c1[N+](=O)[O-]. The molecule has 0 fully saturated rings. The largest absolute Gasteiger partial charge is 0.393 e. The van der Waals surface area contributed by atoms with E-state index in [-0.39, 0.29) is 12.0 Å². The van der Waals surface area contributed by atoms with Crippen molar-refractivity contribution in [3.63, 3.8) is 0 Å². The average Bonchev–Trinajstić information content (AvgIpc) is 2.15. The lowest BCUT2D eigenvalue weighted by Gasteiger charge is -2.03. The van der Waals surface area contributed by atoms with Gasteiger partial charge in [-0.15, -0.1) is 0 Å². The Morgan fingerprint density at radius 2 is 2.20 bits per heavy atom. The number of nitrogens with two attached hydrogens (primary N) is 1. The summed E-state index contributed by atoms with van der Waals surface area (Å²) in [5.74, 6) is 0. The first-order valence-corrected chi connectivity index (χ1v) is 3.65. The lowest BCUT2D eigenvalue weighted by Crippen LogP contribution is -2.06. The Kier molecular flexibility index (Phi) is 2.88. The summed E-state index contributed by atoms with van der Waals surface area (Å²) in [6.45, 7) is 0. The first kappa shape index (κ1) is 11.0. The van der Waals surface area contributed by atoms with Gasteiger partial charge in [0.2, 0.25) is 0 Å². The van der Waals surface area contributed by atoms with Gasteiger partial charge in [0.05, 0.1) is 4.92 Å². The Morgan fingerprint density at radius 1 is 1.60 bits per heavy atom. The maximum atomic E-state index is 12.3. The molecule has 0 unspecified atom stereocenters. The Labute approximate surface area is 81.9 Å². The highest BCUT2D eigenvalue weighted by Gasteiger charge is 2.27. The van der Waals surface area contributed by atoms with Gasteiger partial charge in [0.15, 0.2) is 12.0 Å². The van der Waals surface area contributed by atoms with E-state index in [0.717, 1.165) is 6.07 Å². The first-order chi connectivity index (χ1) is 6.97. The predicted molar refractivity (Wildman–Crippen MR) is 45.6 cm³/mol. The van der Waals surface area contributed by atoms with Crippen LogP contribution in [0, 0.1) is 10.1 Å². The number of rotatable bonds is 3. The maximum Gasteiger partial charge on any atom is 0.319 e. The Hall–Kier alpha value is -2.12. The first-order valence-electron chi connectivity index (χ1n) is 3.65. The van der Waals surface area contributed by atoms with E-state index >= 15 is 0 Å². The lowest BCUT2D eigenvalue weighted by molar-refractivity contribution is -0.385. The van der Waals surface area contributed by atoms with Gasteiger partial charge in [-0.2, -0.15) is 0 Å². The van der Waals surface area contributed by atoms with Crippen LogP contribution in [0.3, 0.4) is 0 Å². The van der Waals surface area contributed by atoms with E-state index in [1.165, 1.54) is 0 Å². The van der Waals surface area contributed by atoms with Gasteiger partial charge in [-0.1, -0.05) is 0 Å². The molecule has 0 saturated carbocycles. The third kappa shape index (κ3) is 2.03. The molecule has 6 nitrogen and oxygen atoms in total. The molecule has 0 saturated heterocycles. The van der Waals surface area contributed by atoms with Crippen molar-refractivity contribution < 1.29 is 18.5 Å². The number of halogens is 2. The number of nitro groups is 1. The highest BCUT2D eigenvalue weighted by Crippen LogP contribution is 2.32. The molecular formula is C7H5F2N3O3. The van der Waals surface area contributed by atoms with Crippen molar-refractivity contribution in [3.8, 4) is 0 Å². The molecule has 0 atom stereocenters. The van der Waals surface area contributed by atoms with Crippen molar-refractivity contribution in [1.29, 1.82) is 0 Å². The van der Waals surface area contributed by atoms with Crippen LogP contribution in [0.25, 0.3) is 0 Å². The molecule has 0 spiro atoms. The van der Waals surface area contributed by atoms with E-state index in [4.69, 9.17) is 5.73 Å². The van der Waals surface area contributed by atoms with Gasteiger partial charge in [-0.3, -0.25) is 14.9 Å². The molecule has 1 aromatic rings. The smallest absolute Gasteiger partial charge is 0.319 e. The van der Waals surface area contributed by atoms with E-state index in [9.17, 15) is 23.7 Å². The summed E-state index contributed by atoms with van der Waals surface area (Å²) in [6, 6.07) is 0.872. The molecule has 0 bridgehead atoms. The number of alkyl halides is 2. The third-order valence-corrected chi connectivity index (χ3v) is 1.58. The number of hydrogen-bond acceptors (Lipinski definition) is 5. The Bertz CT molecular complexity index is 422. The van der Waals surface area contributed by atoms with Gasteiger partial charge >= 0.3 is 5.69 Å². The van der Waals surface area contributed by atoms with Crippen LogP contribution in [-0.2, 0) is 0 Å². The molecule has 2 N–H and O–H groups in total. The molecule has 0 aliphatic heterocycles. The van der Waals surface area contributed by atoms with Crippen LogP contribution in [-0.4, -0.2) is 16.2 Å². The van der Waals surface area contributed by atoms with Gasteiger partial charge in [-0.05, 0) is 6.07 Å². The Morgan fingerprint density at radius 3 is 2.60 bits per heavy atom. The number of hydrogen-bond donors (Lipinski definition) is 1. The number of carbonyl (C=O) groups excluding carboxylic acids is 1. The molecular weight excluding hydrogens is 212 g/mol. The van der Waals surface area contributed by atoms with Gasteiger partial charge in [-0.25, -0.2) is 13.8 Å². The molecule has 0 aromatic carbocycles. The molecule has 0 aliphatic rings. The van der Waals surface area contributed by atoms with Crippen molar-refractivity contribution in [2.45, 2.75) is 6.43 Å². The summed E-state index contributed by atoms with van der Waals surface area (Å²) in [5.41, 5.74) is 2.23.